The van der Waals surface area contributed by atoms with E-state index < -0.39 is 9.84 Å². The molecule has 1 aromatic heterocycles. The molecule has 1 aliphatic heterocycles. The first-order chi connectivity index (χ1) is 15.7. The monoisotopic (exact) mass is 487 g/mol. The fourth-order valence-corrected chi connectivity index (χ4v) is 6.61. The van der Waals surface area contributed by atoms with E-state index in [2.05, 4.69) is 4.98 Å². The van der Waals surface area contributed by atoms with Crippen molar-refractivity contribution >= 4 is 38.4 Å². The Morgan fingerprint density at radius 1 is 1.27 bits per heavy atom. The number of carbonyl (C=O) groups is 1. The van der Waals surface area contributed by atoms with Gasteiger partial charge in [0.15, 0.2) is 15.0 Å². The third-order valence-electron chi connectivity index (χ3n) is 5.79. The summed E-state index contributed by atoms with van der Waals surface area (Å²) in [4.78, 5) is 32.5. The molecule has 174 valence electrons. The van der Waals surface area contributed by atoms with Crippen molar-refractivity contribution in [3.05, 3.63) is 58.4 Å². The van der Waals surface area contributed by atoms with Gasteiger partial charge in [-0.1, -0.05) is 30.0 Å². The lowest BCUT2D eigenvalue weighted by Gasteiger charge is -2.23. The summed E-state index contributed by atoms with van der Waals surface area (Å²) in [5.41, 5.74) is 1.77. The zero-order valence-electron chi connectivity index (χ0n) is 18.6. The van der Waals surface area contributed by atoms with Crippen LogP contribution in [-0.2, 0) is 14.6 Å². The molecular formula is C23H25N3O5S2. The topological polar surface area (TPSA) is 98.6 Å². The molecule has 8 nitrogen and oxygen atoms in total. The molecule has 1 amide bonds. The van der Waals surface area contributed by atoms with E-state index in [1.165, 1.54) is 16.6 Å². The number of nitrogens with zero attached hydrogens (tertiary/aromatic N) is 3. The maximum atomic E-state index is 13.5. The van der Waals surface area contributed by atoms with Gasteiger partial charge in [-0.25, -0.2) is 13.4 Å². The number of ether oxygens (including phenoxy) is 1. The normalized spacial score (nSPS) is 17.2. The summed E-state index contributed by atoms with van der Waals surface area (Å²) in [5.74, 6) is 0.403. The molecule has 0 spiro atoms. The molecule has 0 saturated carbocycles. The van der Waals surface area contributed by atoms with Crippen molar-refractivity contribution in [3.63, 3.8) is 0 Å². The molecule has 1 fully saturated rings. The molecular weight excluding hydrogens is 462 g/mol. The quantitative estimate of drug-likeness (QED) is 0.389. The predicted molar refractivity (Wildman–Crippen MR) is 129 cm³/mol. The van der Waals surface area contributed by atoms with E-state index in [1.807, 2.05) is 19.1 Å². The third kappa shape index (κ3) is 4.77. The Kier molecular flexibility index (Phi) is 6.49. The van der Waals surface area contributed by atoms with Crippen LogP contribution in [0, 0.1) is 6.92 Å². The van der Waals surface area contributed by atoms with Crippen molar-refractivity contribution in [2.45, 2.75) is 24.5 Å². The first-order valence-corrected chi connectivity index (χ1v) is 13.3. The first-order valence-electron chi connectivity index (χ1n) is 10.5. The van der Waals surface area contributed by atoms with Gasteiger partial charge in [0.05, 0.1) is 41.0 Å². The number of amides is 1. The van der Waals surface area contributed by atoms with E-state index in [1.54, 1.807) is 37.4 Å². The Balaban J connectivity index is 1.72. The van der Waals surface area contributed by atoms with Crippen LogP contribution < -0.4 is 10.3 Å². The second kappa shape index (κ2) is 9.18. The van der Waals surface area contributed by atoms with Crippen molar-refractivity contribution in [3.8, 4) is 11.4 Å². The summed E-state index contributed by atoms with van der Waals surface area (Å²) in [6, 6.07) is 12.3. The van der Waals surface area contributed by atoms with Crippen molar-refractivity contribution in [1.29, 1.82) is 0 Å². The zero-order chi connectivity index (χ0) is 23.8. The van der Waals surface area contributed by atoms with Crippen molar-refractivity contribution in [2.75, 3.05) is 31.4 Å². The molecule has 2 aromatic carbocycles. The van der Waals surface area contributed by atoms with Gasteiger partial charge in [0.1, 0.15) is 5.75 Å². The summed E-state index contributed by atoms with van der Waals surface area (Å²) in [7, 11) is 0.0623. The maximum absolute atomic E-state index is 13.5. The Labute approximate surface area is 196 Å². The first kappa shape index (κ1) is 23.3. The predicted octanol–water partition coefficient (Wildman–Crippen LogP) is 2.44. The highest BCUT2D eigenvalue weighted by Gasteiger charge is 2.32. The van der Waals surface area contributed by atoms with Gasteiger partial charge in [0.25, 0.3) is 5.56 Å². The van der Waals surface area contributed by atoms with E-state index in [0.717, 1.165) is 17.3 Å². The number of sulfone groups is 1. The van der Waals surface area contributed by atoms with Gasteiger partial charge >= 0.3 is 0 Å². The lowest BCUT2D eigenvalue weighted by atomic mass is 10.2. The molecule has 0 aliphatic carbocycles. The van der Waals surface area contributed by atoms with E-state index in [-0.39, 0.29) is 34.8 Å². The van der Waals surface area contributed by atoms with E-state index >= 15 is 0 Å². The number of fused-ring (bicyclic) bond motifs is 1. The second-order valence-corrected chi connectivity index (χ2v) is 11.2. The lowest BCUT2D eigenvalue weighted by Crippen LogP contribution is -2.39. The molecule has 0 N–H and O–H groups in total. The molecule has 1 atom stereocenters. The van der Waals surface area contributed by atoms with E-state index in [0.29, 0.717) is 33.9 Å². The largest absolute Gasteiger partial charge is 0.495 e. The average Bonchev–Trinajstić information content (AvgIpc) is 3.16. The van der Waals surface area contributed by atoms with E-state index in [9.17, 15) is 18.0 Å². The van der Waals surface area contributed by atoms with Crippen molar-refractivity contribution in [2.24, 2.45) is 0 Å². The standard InChI is InChI=1S/C23H25N3O5S2/c1-15-8-9-20(31-3)19(12-15)26-22(28)17-6-4-5-7-18(17)24-23(26)32-13-21(27)25(2)16-10-11-33(29,30)14-16/h4-9,12,16H,10-11,13-14H2,1-3H3. The summed E-state index contributed by atoms with van der Waals surface area (Å²) in [6.45, 7) is 1.92. The zero-order valence-corrected chi connectivity index (χ0v) is 20.3. The Hall–Kier alpha value is -2.85. The summed E-state index contributed by atoms with van der Waals surface area (Å²) in [5, 5.41) is 0.827. The maximum Gasteiger partial charge on any atom is 0.266 e. The summed E-state index contributed by atoms with van der Waals surface area (Å²) in [6.07, 6.45) is 0.439. The summed E-state index contributed by atoms with van der Waals surface area (Å²) < 4.78 is 30.6. The summed E-state index contributed by atoms with van der Waals surface area (Å²) >= 11 is 1.15. The molecule has 2 heterocycles. The molecule has 33 heavy (non-hydrogen) atoms. The molecule has 1 aliphatic rings. The van der Waals surface area contributed by atoms with Crippen LogP contribution in [0.3, 0.4) is 0 Å². The van der Waals surface area contributed by atoms with E-state index in [4.69, 9.17) is 4.74 Å². The van der Waals surface area contributed by atoms with Crippen LogP contribution in [-0.4, -0.2) is 66.2 Å². The molecule has 1 saturated heterocycles. The van der Waals surface area contributed by atoms with Gasteiger partial charge in [-0.2, -0.15) is 0 Å². The number of aryl methyl sites for hydroxylation is 1. The molecule has 1 unspecified atom stereocenters. The SMILES string of the molecule is COc1ccc(C)cc1-n1c(SCC(=O)N(C)C2CCS(=O)(=O)C2)nc2ccccc2c1=O. The minimum absolute atomic E-state index is 0.0146. The van der Waals surface area contributed by atoms with Gasteiger partial charge in [-0.05, 0) is 43.2 Å². The highest BCUT2D eigenvalue weighted by molar-refractivity contribution is 7.99. The van der Waals surface area contributed by atoms with Gasteiger partial charge < -0.3 is 9.64 Å². The number of para-hydroxylation sites is 1. The molecule has 4 rings (SSSR count). The fraction of sp³-hybridized carbons (Fsp3) is 0.348. The number of hydrogen-bond donors (Lipinski definition) is 0. The number of methoxy groups -OCH3 is 1. The molecule has 0 radical (unpaired) electrons. The molecule has 10 heteroatoms. The molecule has 3 aromatic rings. The number of rotatable bonds is 6. The van der Waals surface area contributed by atoms with Crippen LogP contribution in [0.15, 0.2) is 52.4 Å². The Bertz CT molecular complexity index is 1380. The van der Waals surface area contributed by atoms with Gasteiger partial charge in [0, 0.05) is 13.1 Å². The number of hydrogen-bond acceptors (Lipinski definition) is 7. The third-order valence-corrected chi connectivity index (χ3v) is 8.47. The van der Waals surface area contributed by atoms with Crippen molar-refractivity contribution < 1.29 is 17.9 Å². The number of aromatic nitrogens is 2. The van der Waals surface area contributed by atoms with Crippen molar-refractivity contribution in [1.82, 2.24) is 14.5 Å². The Morgan fingerprint density at radius 3 is 2.73 bits per heavy atom. The smallest absolute Gasteiger partial charge is 0.266 e. The van der Waals surface area contributed by atoms with Crippen LogP contribution in [0.5, 0.6) is 5.75 Å². The van der Waals surface area contributed by atoms with Gasteiger partial charge in [-0.3, -0.25) is 14.2 Å². The number of carbonyl (C=O) groups excluding carboxylic acids is 1. The minimum atomic E-state index is -3.10. The van der Waals surface area contributed by atoms with Crippen LogP contribution in [0.2, 0.25) is 0 Å². The molecule has 0 bridgehead atoms. The van der Waals surface area contributed by atoms with Crippen LogP contribution in [0.1, 0.15) is 12.0 Å². The number of thioether (sulfide) groups is 1. The average molecular weight is 488 g/mol. The van der Waals surface area contributed by atoms with Gasteiger partial charge in [-0.15, -0.1) is 0 Å². The highest BCUT2D eigenvalue weighted by atomic mass is 32.2. The Morgan fingerprint density at radius 2 is 2.03 bits per heavy atom. The highest BCUT2D eigenvalue weighted by Crippen LogP contribution is 2.28. The van der Waals surface area contributed by atoms with Crippen LogP contribution in [0.25, 0.3) is 16.6 Å². The minimum Gasteiger partial charge on any atom is -0.495 e. The lowest BCUT2D eigenvalue weighted by molar-refractivity contribution is -0.128. The fourth-order valence-electron chi connectivity index (χ4n) is 3.91. The van der Waals surface area contributed by atoms with Gasteiger partial charge in [0.2, 0.25) is 5.91 Å². The second-order valence-electron chi connectivity index (χ2n) is 8.08. The van der Waals surface area contributed by atoms with Crippen LogP contribution >= 0.6 is 11.8 Å². The number of benzene rings is 2. The van der Waals surface area contributed by atoms with Crippen LogP contribution in [0.4, 0.5) is 0 Å².